The Hall–Kier alpha value is -0.970. The van der Waals surface area contributed by atoms with Gasteiger partial charge in [-0.3, -0.25) is 0 Å². The lowest BCUT2D eigenvalue weighted by Crippen LogP contribution is -2.11. The molecule has 4 nitrogen and oxygen atoms in total. The van der Waals surface area contributed by atoms with Gasteiger partial charge in [0, 0.05) is 11.4 Å². The Kier molecular flexibility index (Phi) is 2.03. The zero-order valence-corrected chi connectivity index (χ0v) is 7.64. The molecule has 5 heteroatoms. The predicted octanol–water partition coefficient (Wildman–Crippen LogP) is 1.01. The molecule has 64 valence electrons. The average molecular weight is 182 g/mol. The molecule has 0 unspecified atom stereocenters. The van der Waals surface area contributed by atoms with Crippen LogP contribution in [0, 0.1) is 0 Å². The first kappa shape index (κ1) is 7.67. The molecule has 1 N–H and O–H groups in total. The fraction of sp³-hybridized carbons (Fsp3) is 0.571. The SMILES string of the molecule is C/C(=N\NC1CC1)c1csnn1. The molecule has 0 amide bonds. The second-order valence-corrected chi connectivity index (χ2v) is 3.50. The minimum atomic E-state index is 0.603. The third-order valence-electron chi connectivity index (χ3n) is 1.72. The molecule has 1 aliphatic rings. The minimum Gasteiger partial charge on any atom is -0.307 e. The Morgan fingerprint density at radius 3 is 3.17 bits per heavy atom. The van der Waals surface area contributed by atoms with Crippen LogP contribution in [0.4, 0.5) is 0 Å². The first-order valence-electron chi connectivity index (χ1n) is 3.93. The summed E-state index contributed by atoms with van der Waals surface area (Å²) in [6.45, 7) is 1.94. The maximum absolute atomic E-state index is 4.20. The second-order valence-electron chi connectivity index (χ2n) is 2.89. The molecule has 1 aromatic rings. The molecule has 1 saturated carbocycles. The number of aromatic nitrogens is 2. The van der Waals surface area contributed by atoms with Gasteiger partial charge in [-0.15, -0.1) is 5.10 Å². The van der Waals surface area contributed by atoms with E-state index in [0.29, 0.717) is 6.04 Å². The van der Waals surface area contributed by atoms with Gasteiger partial charge in [-0.25, -0.2) is 0 Å². The summed E-state index contributed by atoms with van der Waals surface area (Å²) in [7, 11) is 0. The van der Waals surface area contributed by atoms with Crippen molar-refractivity contribution in [3.05, 3.63) is 11.1 Å². The van der Waals surface area contributed by atoms with Crippen molar-refractivity contribution in [3.63, 3.8) is 0 Å². The molecule has 0 bridgehead atoms. The van der Waals surface area contributed by atoms with Crippen molar-refractivity contribution in [3.8, 4) is 0 Å². The maximum atomic E-state index is 4.20. The maximum Gasteiger partial charge on any atom is 0.121 e. The molecular weight excluding hydrogens is 172 g/mol. The van der Waals surface area contributed by atoms with Crippen LogP contribution in [0.25, 0.3) is 0 Å². The smallest absolute Gasteiger partial charge is 0.121 e. The van der Waals surface area contributed by atoms with Crippen molar-refractivity contribution in [1.29, 1.82) is 0 Å². The largest absolute Gasteiger partial charge is 0.307 e. The van der Waals surface area contributed by atoms with Gasteiger partial charge in [0.15, 0.2) is 0 Å². The highest BCUT2D eigenvalue weighted by atomic mass is 32.1. The quantitative estimate of drug-likeness (QED) is 0.560. The van der Waals surface area contributed by atoms with E-state index >= 15 is 0 Å². The molecule has 0 aromatic carbocycles. The van der Waals surface area contributed by atoms with Crippen LogP contribution in [0.2, 0.25) is 0 Å². The lowest BCUT2D eigenvalue weighted by atomic mass is 10.3. The van der Waals surface area contributed by atoms with Crippen molar-refractivity contribution in [2.75, 3.05) is 0 Å². The molecule has 0 spiro atoms. The van der Waals surface area contributed by atoms with Crippen molar-refractivity contribution in [2.24, 2.45) is 5.10 Å². The van der Waals surface area contributed by atoms with Gasteiger partial charge in [0.2, 0.25) is 0 Å². The van der Waals surface area contributed by atoms with Gasteiger partial charge in [-0.1, -0.05) is 4.49 Å². The fourth-order valence-electron chi connectivity index (χ4n) is 0.780. The van der Waals surface area contributed by atoms with Crippen LogP contribution >= 0.6 is 11.5 Å². The van der Waals surface area contributed by atoms with E-state index in [1.807, 2.05) is 12.3 Å². The van der Waals surface area contributed by atoms with E-state index in [1.54, 1.807) is 0 Å². The minimum absolute atomic E-state index is 0.603. The van der Waals surface area contributed by atoms with E-state index in [1.165, 1.54) is 24.4 Å². The molecule has 12 heavy (non-hydrogen) atoms. The molecule has 0 aliphatic heterocycles. The monoisotopic (exact) mass is 182 g/mol. The number of hydrogen-bond donors (Lipinski definition) is 1. The summed E-state index contributed by atoms with van der Waals surface area (Å²) in [5.41, 5.74) is 4.85. The summed E-state index contributed by atoms with van der Waals surface area (Å²) < 4.78 is 3.77. The Morgan fingerprint density at radius 2 is 2.58 bits per heavy atom. The van der Waals surface area contributed by atoms with E-state index < -0.39 is 0 Å². The van der Waals surface area contributed by atoms with E-state index in [9.17, 15) is 0 Å². The number of hydrazone groups is 1. The lowest BCUT2D eigenvalue weighted by molar-refractivity contribution is 0.736. The summed E-state index contributed by atoms with van der Waals surface area (Å²) >= 11 is 1.35. The highest BCUT2D eigenvalue weighted by Gasteiger charge is 2.20. The third-order valence-corrected chi connectivity index (χ3v) is 2.23. The summed E-state index contributed by atoms with van der Waals surface area (Å²) in [5.74, 6) is 0. The van der Waals surface area contributed by atoms with E-state index in [-0.39, 0.29) is 0 Å². The Morgan fingerprint density at radius 1 is 1.75 bits per heavy atom. The highest BCUT2D eigenvalue weighted by Crippen LogP contribution is 2.18. The van der Waals surface area contributed by atoms with Crippen molar-refractivity contribution >= 4 is 17.2 Å². The Bertz CT molecular complexity index is 276. The number of nitrogens with zero attached hydrogens (tertiary/aromatic N) is 3. The van der Waals surface area contributed by atoms with Crippen LogP contribution in [-0.4, -0.2) is 21.3 Å². The molecule has 1 heterocycles. The van der Waals surface area contributed by atoms with Crippen molar-refractivity contribution in [2.45, 2.75) is 25.8 Å². The van der Waals surface area contributed by atoms with Crippen LogP contribution in [0.3, 0.4) is 0 Å². The number of hydrogen-bond acceptors (Lipinski definition) is 5. The summed E-state index contributed by atoms with van der Waals surface area (Å²) in [5, 5.41) is 10.0. The molecule has 1 aromatic heterocycles. The summed E-state index contributed by atoms with van der Waals surface area (Å²) in [6.07, 6.45) is 2.48. The normalized spacial score (nSPS) is 17.9. The Balaban J connectivity index is 1.98. The average Bonchev–Trinajstić information content (AvgIpc) is 2.74. The van der Waals surface area contributed by atoms with Crippen LogP contribution < -0.4 is 5.43 Å². The van der Waals surface area contributed by atoms with Gasteiger partial charge in [-0.05, 0) is 31.3 Å². The van der Waals surface area contributed by atoms with E-state index in [0.717, 1.165) is 11.4 Å². The molecule has 1 fully saturated rings. The predicted molar refractivity (Wildman–Crippen MR) is 48.3 cm³/mol. The van der Waals surface area contributed by atoms with Gasteiger partial charge in [0.25, 0.3) is 0 Å². The van der Waals surface area contributed by atoms with Gasteiger partial charge in [0.05, 0.1) is 5.71 Å². The zero-order chi connectivity index (χ0) is 8.39. The van der Waals surface area contributed by atoms with Gasteiger partial charge >= 0.3 is 0 Å². The van der Waals surface area contributed by atoms with E-state index in [2.05, 4.69) is 20.1 Å². The number of rotatable bonds is 3. The highest BCUT2D eigenvalue weighted by molar-refractivity contribution is 7.03. The molecule has 0 atom stereocenters. The fourth-order valence-corrected chi connectivity index (χ4v) is 1.28. The van der Waals surface area contributed by atoms with Crippen molar-refractivity contribution in [1.82, 2.24) is 15.0 Å². The standard InChI is InChI=1S/C7H10N4S/c1-5(7-4-12-11-10-7)8-9-6-2-3-6/h4,6,9H,2-3H2,1H3/b8-5+. The van der Waals surface area contributed by atoms with Gasteiger partial charge in [-0.2, -0.15) is 5.10 Å². The summed E-state index contributed by atoms with van der Waals surface area (Å²) in [6, 6.07) is 0.603. The van der Waals surface area contributed by atoms with Crippen LogP contribution in [0.5, 0.6) is 0 Å². The molecule has 2 rings (SSSR count). The van der Waals surface area contributed by atoms with Crippen molar-refractivity contribution < 1.29 is 0 Å². The number of nitrogens with one attached hydrogen (secondary N) is 1. The zero-order valence-electron chi connectivity index (χ0n) is 6.82. The Labute approximate surface area is 74.9 Å². The molecule has 0 radical (unpaired) electrons. The second kappa shape index (κ2) is 3.18. The van der Waals surface area contributed by atoms with Crippen LogP contribution in [0.1, 0.15) is 25.5 Å². The van der Waals surface area contributed by atoms with E-state index in [4.69, 9.17) is 0 Å². The first-order chi connectivity index (χ1) is 5.86. The third kappa shape index (κ3) is 1.79. The molecule has 1 aliphatic carbocycles. The first-order valence-corrected chi connectivity index (χ1v) is 4.77. The topological polar surface area (TPSA) is 50.2 Å². The summed E-state index contributed by atoms with van der Waals surface area (Å²) in [4.78, 5) is 0. The lowest BCUT2D eigenvalue weighted by Gasteiger charge is -1.96. The van der Waals surface area contributed by atoms with Gasteiger partial charge < -0.3 is 5.43 Å². The van der Waals surface area contributed by atoms with Crippen LogP contribution in [0.15, 0.2) is 10.5 Å². The molecule has 0 saturated heterocycles. The van der Waals surface area contributed by atoms with Gasteiger partial charge in [0.1, 0.15) is 5.69 Å². The molecular formula is C7H10N4S. The van der Waals surface area contributed by atoms with Crippen LogP contribution in [-0.2, 0) is 0 Å².